The Kier molecular flexibility index (Phi) is 11.6. The zero-order chi connectivity index (χ0) is 15.2. The number of nitrogens with two attached hydrogens (primary N) is 1. The van der Waals surface area contributed by atoms with Gasteiger partial charge in [-0.15, -0.1) is 0 Å². The zero-order valence-corrected chi connectivity index (χ0v) is 12.4. The average molecular weight is 284 g/mol. The van der Waals surface area contributed by atoms with E-state index in [9.17, 15) is 4.79 Å². The molecule has 0 saturated heterocycles. The third-order valence-electron chi connectivity index (χ3n) is 1.99. The van der Waals surface area contributed by atoms with E-state index >= 15 is 0 Å². The van der Waals surface area contributed by atoms with E-state index < -0.39 is 0 Å². The van der Waals surface area contributed by atoms with Crippen molar-refractivity contribution in [2.75, 3.05) is 19.8 Å². The summed E-state index contributed by atoms with van der Waals surface area (Å²) >= 11 is 0. The van der Waals surface area contributed by atoms with E-state index in [2.05, 4.69) is 9.72 Å². The number of carbonyl (C=O) groups is 1. The highest BCUT2D eigenvalue weighted by Crippen LogP contribution is 2.02. The molecule has 1 rings (SSSR count). The summed E-state index contributed by atoms with van der Waals surface area (Å²) in [6, 6.07) is 5.14. The van der Waals surface area contributed by atoms with E-state index in [4.69, 9.17) is 15.2 Å². The van der Waals surface area contributed by atoms with E-state index in [0.29, 0.717) is 25.6 Å². The van der Waals surface area contributed by atoms with Gasteiger partial charge in [-0.2, -0.15) is 0 Å². The van der Waals surface area contributed by atoms with Crippen molar-refractivity contribution in [2.45, 2.75) is 33.5 Å². The summed E-state index contributed by atoms with van der Waals surface area (Å²) in [5.41, 5.74) is 5.33. The van der Waals surface area contributed by atoms with Gasteiger partial charge in [0.1, 0.15) is 0 Å². The van der Waals surface area contributed by atoms with Crippen LogP contribution in [0.4, 0.5) is 0 Å². The van der Waals surface area contributed by atoms with Crippen molar-refractivity contribution in [3.8, 4) is 5.88 Å². The Morgan fingerprint density at radius 3 is 2.35 bits per heavy atom. The summed E-state index contributed by atoms with van der Waals surface area (Å²) < 4.78 is 15.1. The molecular weight excluding hydrogens is 260 g/mol. The Morgan fingerprint density at radius 1 is 1.30 bits per heavy atom. The van der Waals surface area contributed by atoms with Crippen molar-refractivity contribution in [2.24, 2.45) is 5.73 Å². The Morgan fingerprint density at radius 2 is 1.95 bits per heavy atom. The Balaban J connectivity index is 0.000000361. The largest absolute Gasteiger partial charge is 0.408 e. The smallest absolute Gasteiger partial charge is 0.309 e. The van der Waals surface area contributed by atoms with Crippen LogP contribution in [0.2, 0.25) is 0 Å². The van der Waals surface area contributed by atoms with Gasteiger partial charge in [-0.05, 0) is 26.5 Å². The lowest BCUT2D eigenvalue weighted by atomic mass is 10.4. The highest BCUT2D eigenvalue weighted by atomic mass is 16.7. The minimum atomic E-state index is -0.348. The summed E-state index contributed by atoms with van der Waals surface area (Å²) in [5, 5.41) is 0. The molecule has 0 aliphatic rings. The second-order valence-electron chi connectivity index (χ2n) is 3.68. The number of hydrogen-bond donors (Lipinski definition) is 1. The molecule has 0 spiro atoms. The second kappa shape index (κ2) is 12.5. The van der Waals surface area contributed by atoms with Crippen LogP contribution in [0.5, 0.6) is 5.88 Å². The van der Waals surface area contributed by atoms with Crippen LogP contribution in [0, 0.1) is 0 Å². The highest BCUT2D eigenvalue weighted by molar-refractivity contribution is 5.68. The standard InChI is InChI=1S/C7H7NO2.C7H17NO2/c1-6(9)10-7-4-2-3-5-8-7;1-3-9-7(5-6-8)10-4-2/h2-5H,1H3;7H,3-6,8H2,1-2H3. The summed E-state index contributed by atoms with van der Waals surface area (Å²) in [6.45, 7) is 7.22. The summed E-state index contributed by atoms with van der Waals surface area (Å²) in [6.07, 6.45) is 2.25. The molecule has 114 valence electrons. The first-order chi connectivity index (χ1) is 9.63. The molecule has 20 heavy (non-hydrogen) atoms. The Hall–Kier alpha value is -1.50. The van der Waals surface area contributed by atoms with Crippen LogP contribution < -0.4 is 10.5 Å². The molecule has 0 radical (unpaired) electrons. The fraction of sp³-hybridized carbons (Fsp3) is 0.571. The van der Waals surface area contributed by atoms with Crippen LogP contribution in [0.25, 0.3) is 0 Å². The lowest BCUT2D eigenvalue weighted by Crippen LogP contribution is -2.21. The molecule has 0 fully saturated rings. The minimum Gasteiger partial charge on any atom is -0.408 e. The first-order valence-electron chi connectivity index (χ1n) is 6.66. The number of nitrogens with zero attached hydrogens (tertiary/aromatic N) is 1. The third-order valence-corrected chi connectivity index (χ3v) is 1.99. The molecule has 0 unspecified atom stereocenters. The molecule has 1 heterocycles. The van der Waals surface area contributed by atoms with Crippen LogP contribution >= 0.6 is 0 Å². The van der Waals surface area contributed by atoms with E-state index in [1.165, 1.54) is 6.92 Å². The lowest BCUT2D eigenvalue weighted by molar-refractivity contribution is -0.137. The highest BCUT2D eigenvalue weighted by Gasteiger charge is 2.04. The summed E-state index contributed by atoms with van der Waals surface area (Å²) in [4.78, 5) is 14.1. The van der Waals surface area contributed by atoms with Crippen LogP contribution in [-0.2, 0) is 14.3 Å². The molecule has 0 aliphatic carbocycles. The number of hydrogen-bond acceptors (Lipinski definition) is 6. The summed E-state index contributed by atoms with van der Waals surface area (Å²) in [5.74, 6) is -0.00583. The van der Waals surface area contributed by atoms with Crippen LogP contribution in [0.3, 0.4) is 0 Å². The minimum absolute atomic E-state index is 0.0972. The molecule has 0 amide bonds. The number of rotatable bonds is 7. The summed E-state index contributed by atoms with van der Waals surface area (Å²) in [7, 11) is 0. The van der Waals surface area contributed by atoms with E-state index in [1.807, 2.05) is 13.8 Å². The third kappa shape index (κ3) is 10.4. The predicted molar refractivity (Wildman–Crippen MR) is 76.3 cm³/mol. The predicted octanol–water partition coefficient (Wildman–Crippen LogP) is 1.74. The molecule has 0 aliphatic heterocycles. The normalized spacial score (nSPS) is 9.85. The molecule has 0 aromatic carbocycles. The van der Waals surface area contributed by atoms with Crippen molar-refractivity contribution in [3.63, 3.8) is 0 Å². The first-order valence-corrected chi connectivity index (χ1v) is 6.66. The number of ether oxygens (including phenoxy) is 3. The molecule has 6 nitrogen and oxygen atoms in total. The van der Waals surface area contributed by atoms with Gasteiger partial charge in [0.25, 0.3) is 0 Å². The first kappa shape index (κ1) is 18.5. The monoisotopic (exact) mass is 284 g/mol. The number of pyridine rings is 1. The van der Waals surface area contributed by atoms with E-state index in [1.54, 1.807) is 24.4 Å². The van der Waals surface area contributed by atoms with Crippen molar-refractivity contribution in [1.82, 2.24) is 4.98 Å². The Labute approximate surface area is 120 Å². The van der Waals surface area contributed by atoms with Gasteiger partial charge in [0.2, 0.25) is 5.88 Å². The molecule has 6 heteroatoms. The van der Waals surface area contributed by atoms with Gasteiger partial charge in [-0.25, -0.2) is 4.98 Å². The van der Waals surface area contributed by atoms with E-state index in [-0.39, 0.29) is 12.3 Å². The van der Waals surface area contributed by atoms with Gasteiger partial charge in [-0.1, -0.05) is 6.07 Å². The fourth-order valence-electron chi connectivity index (χ4n) is 1.28. The maximum Gasteiger partial charge on any atom is 0.309 e. The molecule has 2 N–H and O–H groups in total. The molecule has 0 bridgehead atoms. The van der Waals surface area contributed by atoms with Crippen molar-refractivity contribution >= 4 is 5.97 Å². The number of carbonyl (C=O) groups excluding carboxylic acids is 1. The molecule has 0 atom stereocenters. The molecule has 0 saturated carbocycles. The lowest BCUT2D eigenvalue weighted by Gasteiger charge is -2.15. The van der Waals surface area contributed by atoms with Gasteiger partial charge >= 0.3 is 5.97 Å². The Bertz CT molecular complexity index is 332. The van der Waals surface area contributed by atoms with Crippen molar-refractivity contribution in [3.05, 3.63) is 24.4 Å². The van der Waals surface area contributed by atoms with Gasteiger partial charge in [0.15, 0.2) is 6.29 Å². The van der Waals surface area contributed by atoms with Crippen molar-refractivity contribution < 1.29 is 19.0 Å². The van der Waals surface area contributed by atoms with Crippen LogP contribution in [-0.4, -0.2) is 37.0 Å². The topological polar surface area (TPSA) is 83.7 Å². The SMILES string of the molecule is CC(=O)Oc1ccccn1.CCOC(CCN)OCC. The van der Waals surface area contributed by atoms with Gasteiger partial charge in [-0.3, -0.25) is 4.79 Å². The van der Waals surface area contributed by atoms with Gasteiger partial charge in [0, 0.05) is 38.8 Å². The molecule has 1 aromatic heterocycles. The average Bonchev–Trinajstić information content (AvgIpc) is 2.41. The van der Waals surface area contributed by atoms with Crippen LogP contribution in [0.15, 0.2) is 24.4 Å². The fourth-order valence-corrected chi connectivity index (χ4v) is 1.28. The van der Waals surface area contributed by atoms with E-state index in [0.717, 1.165) is 6.42 Å². The molecule has 1 aromatic rings. The number of esters is 1. The maximum atomic E-state index is 10.4. The maximum absolute atomic E-state index is 10.4. The van der Waals surface area contributed by atoms with Gasteiger partial charge in [0.05, 0.1) is 0 Å². The zero-order valence-electron chi connectivity index (χ0n) is 12.4. The van der Waals surface area contributed by atoms with Crippen molar-refractivity contribution in [1.29, 1.82) is 0 Å². The van der Waals surface area contributed by atoms with Gasteiger partial charge < -0.3 is 19.9 Å². The number of aromatic nitrogens is 1. The van der Waals surface area contributed by atoms with Crippen LogP contribution in [0.1, 0.15) is 27.2 Å². The quantitative estimate of drug-likeness (QED) is 0.606. The second-order valence-corrected chi connectivity index (χ2v) is 3.68. The molecular formula is C14H24N2O4.